The van der Waals surface area contributed by atoms with Crippen molar-refractivity contribution in [3.05, 3.63) is 271 Å². The van der Waals surface area contributed by atoms with Crippen LogP contribution in [0, 0.1) is 0 Å². The van der Waals surface area contributed by atoms with E-state index in [-0.39, 0.29) is 46.9 Å². The highest BCUT2D eigenvalue weighted by Gasteiger charge is 2.26. The van der Waals surface area contributed by atoms with Crippen molar-refractivity contribution in [2.24, 2.45) is 0 Å². The molecule has 18 rings (SSSR count). The average Bonchev–Trinajstić information content (AvgIpc) is 1.00. The van der Waals surface area contributed by atoms with E-state index in [4.69, 9.17) is 8.83 Å². The van der Waals surface area contributed by atoms with Crippen LogP contribution < -0.4 is 52.6 Å². The number of hydrogen-bond acceptors (Lipinski definition) is 17. The number of amidine groups is 4. The Morgan fingerprint density at radius 1 is 0.353 bits per heavy atom. The van der Waals surface area contributed by atoms with Crippen LogP contribution in [0.5, 0.6) is 0 Å². The number of fused-ring (bicyclic) bond motifs is 4. The summed E-state index contributed by atoms with van der Waals surface area (Å²) in [5.41, 5.74) is 6.38. The molecule has 2 unspecified atom stereocenters. The van der Waals surface area contributed by atoms with Crippen molar-refractivity contribution >= 4 is 96.7 Å². The molecule has 21 nitrogen and oxygen atoms in total. The van der Waals surface area contributed by atoms with Crippen LogP contribution in [0.4, 0.5) is 0 Å². The molecule has 21 heteroatoms. The van der Waals surface area contributed by atoms with Gasteiger partial charge in [0.05, 0.1) is 113 Å². The zero-order valence-corrected chi connectivity index (χ0v) is 66.6. The second kappa shape index (κ2) is 42.8. The van der Waals surface area contributed by atoms with E-state index in [1.165, 1.54) is 205 Å². The number of ketones is 2. The van der Waals surface area contributed by atoms with Crippen LogP contribution in [0.1, 0.15) is 183 Å². The summed E-state index contributed by atoms with van der Waals surface area (Å²) >= 11 is 0. The molecule has 8 aliphatic heterocycles. The predicted molar refractivity (Wildman–Crippen MR) is 447 cm³/mol. The van der Waals surface area contributed by atoms with Crippen molar-refractivity contribution in [3.8, 4) is 0 Å². The topological polar surface area (TPSA) is 298 Å². The number of para-hydroxylation sites is 2. The molecule has 0 spiro atoms. The largest absolute Gasteiger partial charge is 0.875 e. The maximum Gasteiger partial charge on any atom is 0.244 e. The molecule has 0 radical (unpaired) electrons. The van der Waals surface area contributed by atoms with Gasteiger partial charge in [0.1, 0.15) is 22.3 Å². The van der Waals surface area contributed by atoms with Gasteiger partial charge in [0, 0.05) is 97.4 Å². The number of rotatable bonds is 12. The van der Waals surface area contributed by atoms with Gasteiger partial charge in [-0.3, -0.25) is 58.7 Å². The first kappa shape index (κ1) is 84.8. The van der Waals surface area contributed by atoms with Crippen molar-refractivity contribution in [3.63, 3.8) is 0 Å². The standard InChI is InChI=1S/C17H16O2.C16H14O3.2C15H10O4.2C9H16N2.2C7H12N2/c1-12(13(2)18)15-9-6-10-16(11-15)17(19)14-7-4-3-5-8-14;1-11(16(18)19)13-8-5-9-14(10-13)15(17)12-6-3-2-4-7-12;2*16-14(17)8-9-5-6-13-11(7-9)15(18)10-3-1-2-4-12(10)19-13;2*1-2-5-9-10-6-4-8-11(9)7-3-1;2*1-3-7-8-4-2-6-9(7)5-1/h3-12,18H,2H2,1H3;2-11H,1H3,(H,18,19);2*1-7H,8H2,(H,16,17);2*1-8H2;2*1-6H2. The van der Waals surface area contributed by atoms with Gasteiger partial charge in [-0.05, 0) is 140 Å². The maximum absolute atomic E-state index is 12.3. The van der Waals surface area contributed by atoms with E-state index in [0.29, 0.717) is 82.8 Å². The lowest BCUT2D eigenvalue weighted by molar-refractivity contribution is -0.534. The van der Waals surface area contributed by atoms with Gasteiger partial charge in [0.2, 0.25) is 34.2 Å². The first-order valence-electron chi connectivity index (χ1n) is 41.0. The van der Waals surface area contributed by atoms with Gasteiger partial charge in [0.25, 0.3) is 0 Å². The van der Waals surface area contributed by atoms with Gasteiger partial charge in [-0.2, -0.15) is 0 Å². The third kappa shape index (κ3) is 24.0. The van der Waals surface area contributed by atoms with Gasteiger partial charge >= 0.3 is 0 Å². The van der Waals surface area contributed by atoms with Gasteiger partial charge in [-0.25, -0.2) is 0 Å². The summed E-state index contributed by atoms with van der Waals surface area (Å²) in [6.45, 7) is 21.9. The van der Waals surface area contributed by atoms with Crippen molar-refractivity contribution in [2.45, 2.75) is 141 Å². The highest BCUT2D eigenvalue weighted by Crippen LogP contribution is 2.25. The number of hydrogen-bond donors (Lipinski definition) is 4. The first-order chi connectivity index (χ1) is 56.3. The molecular formula is C95H106N8O13. The highest BCUT2D eigenvalue weighted by atomic mass is 16.4. The molecular weight excluding hydrogens is 1460 g/mol. The second-order valence-corrected chi connectivity index (χ2v) is 30.2. The van der Waals surface area contributed by atoms with Crippen LogP contribution in [0.25, 0.3) is 43.9 Å². The Morgan fingerprint density at radius 3 is 1.05 bits per heavy atom. The first-order valence-corrected chi connectivity index (χ1v) is 41.0. The van der Waals surface area contributed by atoms with Crippen molar-refractivity contribution in [2.75, 3.05) is 78.5 Å². The van der Waals surface area contributed by atoms with Crippen LogP contribution >= 0.6 is 0 Å². The minimum atomic E-state index is -1.18. The Labute approximate surface area is 677 Å². The molecule has 2 atom stereocenters. The molecule has 8 aliphatic rings. The number of carbonyl (C=O) groups is 5. The van der Waals surface area contributed by atoms with Crippen LogP contribution in [0.3, 0.4) is 0 Å². The molecule has 10 heterocycles. The minimum Gasteiger partial charge on any atom is -0.875 e. The third-order valence-corrected chi connectivity index (χ3v) is 21.8. The van der Waals surface area contributed by atoms with Gasteiger partial charge < -0.3 is 43.6 Å². The number of aliphatic carboxylic acids is 3. The van der Waals surface area contributed by atoms with Gasteiger partial charge in [0.15, 0.2) is 11.6 Å². The number of carbonyl (C=O) groups excluding carboxylic acids is 5. The molecule has 604 valence electrons. The van der Waals surface area contributed by atoms with Crippen LogP contribution in [-0.2, 0) is 27.2 Å². The molecule has 0 bridgehead atoms. The van der Waals surface area contributed by atoms with E-state index in [2.05, 4.69) is 46.1 Å². The number of allylic oxidation sites excluding steroid dienone is 1. The van der Waals surface area contributed by atoms with Crippen LogP contribution in [0.2, 0.25) is 0 Å². The molecule has 0 saturated carbocycles. The Kier molecular flexibility index (Phi) is 31.3. The summed E-state index contributed by atoms with van der Waals surface area (Å²) in [6, 6.07) is 55.3. The summed E-state index contributed by atoms with van der Waals surface area (Å²) in [6.07, 6.45) is 21.1. The quantitative estimate of drug-likeness (QED) is 0.0383. The molecule has 10 aromatic rings. The zero-order chi connectivity index (χ0) is 81.7. The number of carboxylic acids is 3. The fourth-order valence-corrected chi connectivity index (χ4v) is 15.4. The Morgan fingerprint density at radius 2 is 0.681 bits per heavy atom. The molecule has 0 amide bonds. The minimum absolute atomic E-state index is 0.0360. The number of nitrogens with one attached hydrogen (secondary N) is 4. The lowest BCUT2D eigenvalue weighted by Gasteiger charge is -2.19. The Hall–Kier alpha value is -12.1. The Bertz CT molecular complexity index is 4990. The van der Waals surface area contributed by atoms with E-state index < -0.39 is 23.8 Å². The fourth-order valence-electron chi connectivity index (χ4n) is 15.4. The predicted octanol–water partition coefficient (Wildman–Crippen LogP) is 9.44. The number of benzene rings is 8. The van der Waals surface area contributed by atoms with Gasteiger partial charge in [-0.1, -0.05) is 147 Å². The summed E-state index contributed by atoms with van der Waals surface area (Å²) in [5.74, 6) is 1.22. The van der Waals surface area contributed by atoms with Crippen LogP contribution in [0.15, 0.2) is 225 Å². The van der Waals surface area contributed by atoms with E-state index in [1.807, 2.05) is 30.3 Å². The molecule has 116 heavy (non-hydrogen) atoms. The summed E-state index contributed by atoms with van der Waals surface area (Å²) in [7, 11) is 0. The van der Waals surface area contributed by atoms with E-state index in [0.717, 1.165) is 5.56 Å². The SMILES string of the molecule is C1CCC2=[N+](CC1)CCCN2.C1CCC2=[N+](CC1)CCCN2.C1CNC2=[N+](C1)CCC2.C1CNC2=[N+](C1)CCC2.C=C([O-])C(C)c1cccc(C(=O)c2ccccc2)c1.CC(C(=O)[O-])c1cccc(C(=O)c2ccccc2)c1.O=C([O-])Cc1ccc2oc3ccccc3c(=O)c2c1.O=C([O-])Cc1ccc2oc3ccccc3c(=O)c2c1. The number of nitrogens with zero attached hydrogens (tertiary/aromatic N) is 4. The molecule has 0 aliphatic carbocycles. The highest BCUT2D eigenvalue weighted by molar-refractivity contribution is 6.10. The Balaban J connectivity index is 0.000000132. The van der Waals surface area contributed by atoms with Crippen molar-refractivity contribution in [1.29, 1.82) is 0 Å². The van der Waals surface area contributed by atoms with Crippen molar-refractivity contribution in [1.82, 2.24) is 21.3 Å². The van der Waals surface area contributed by atoms with Gasteiger partial charge in [-0.15, -0.1) is 12.3 Å². The van der Waals surface area contributed by atoms with E-state index in [1.54, 1.807) is 178 Å². The molecule has 0 fully saturated rings. The monoisotopic (exact) mass is 1570 g/mol. The van der Waals surface area contributed by atoms with E-state index in [9.17, 15) is 54.0 Å². The summed E-state index contributed by atoms with van der Waals surface area (Å²) in [4.78, 5) is 81.2. The summed E-state index contributed by atoms with van der Waals surface area (Å²) < 4.78 is 21.3. The van der Waals surface area contributed by atoms with Crippen LogP contribution in [-0.4, -0.2) is 150 Å². The fraction of sp³-hybridized carbons (Fsp3) is 0.358. The molecule has 8 aromatic carbocycles. The lowest BCUT2D eigenvalue weighted by atomic mass is 9.95. The normalized spacial score (nSPS) is 16.3. The lowest BCUT2D eigenvalue weighted by Crippen LogP contribution is -2.40. The molecule has 4 N–H and O–H groups in total. The maximum atomic E-state index is 12.3. The summed E-state index contributed by atoms with van der Waals surface area (Å²) in [5, 5.41) is 58.9. The van der Waals surface area contributed by atoms with Crippen molar-refractivity contribution < 1.29 is 71.5 Å². The smallest absolute Gasteiger partial charge is 0.244 e. The molecule has 2 aromatic heterocycles. The van der Waals surface area contributed by atoms with E-state index >= 15 is 0 Å². The zero-order valence-electron chi connectivity index (χ0n) is 66.6. The second-order valence-electron chi connectivity index (χ2n) is 30.2. The number of carboxylic acid groups (broad SMARTS) is 3. The molecule has 0 saturated heterocycles. The average molecular weight is 1570 g/mol. The third-order valence-electron chi connectivity index (χ3n) is 21.8.